The fourth-order valence-corrected chi connectivity index (χ4v) is 3.83. The van der Waals surface area contributed by atoms with E-state index in [0.717, 1.165) is 25.7 Å². The van der Waals surface area contributed by atoms with E-state index < -0.39 is 5.91 Å². The van der Waals surface area contributed by atoms with E-state index in [0.29, 0.717) is 11.2 Å². The average molecular weight is 383 g/mol. The Morgan fingerprint density at radius 3 is 2.68 bits per heavy atom. The number of carbonyl (C=O) groups excluding carboxylic acids is 1. The lowest BCUT2D eigenvalue weighted by atomic mass is 9.93. The third-order valence-corrected chi connectivity index (χ3v) is 5.25. The second-order valence-electron chi connectivity index (χ2n) is 6.98. The van der Waals surface area contributed by atoms with Gasteiger partial charge < -0.3 is 20.6 Å². The molecule has 9 nitrogen and oxygen atoms in total. The van der Waals surface area contributed by atoms with Crippen molar-refractivity contribution in [1.82, 2.24) is 19.5 Å². The first-order chi connectivity index (χ1) is 13.5. The number of fused-ring (bicyclic) bond motifs is 1. The van der Waals surface area contributed by atoms with E-state index in [1.807, 2.05) is 0 Å². The fraction of sp³-hybridized carbons (Fsp3) is 0.368. The maximum absolute atomic E-state index is 12.7. The summed E-state index contributed by atoms with van der Waals surface area (Å²) in [4.78, 5) is 36.1. The smallest absolute Gasteiger partial charge is 0.327 e. The van der Waals surface area contributed by atoms with Crippen molar-refractivity contribution in [3.05, 3.63) is 40.4 Å². The highest BCUT2D eigenvalue weighted by Gasteiger charge is 2.27. The standard InChI is InChI=1S/C19H21N5O4/c1-28-13-7-5-11(6-8-13)24-18-15(22-19(24)27)14(16(20)26)21-17(23-18)10-3-2-4-12(25)9-10/h2-4,9,11,13,25H,5-8H2,1H3,(H2,20,26)(H,22,27)/t11-,13-. The number of hydrogen-bond donors (Lipinski definition) is 3. The third kappa shape index (κ3) is 3.13. The number of nitrogens with one attached hydrogen (secondary N) is 1. The molecule has 0 bridgehead atoms. The normalized spacial score (nSPS) is 19.8. The van der Waals surface area contributed by atoms with Crippen molar-refractivity contribution >= 4 is 17.1 Å². The van der Waals surface area contributed by atoms with Crippen LogP contribution in [0.3, 0.4) is 0 Å². The molecule has 0 saturated heterocycles. The van der Waals surface area contributed by atoms with Gasteiger partial charge in [-0.1, -0.05) is 12.1 Å². The van der Waals surface area contributed by atoms with E-state index in [4.69, 9.17) is 10.5 Å². The highest BCUT2D eigenvalue weighted by atomic mass is 16.5. The molecule has 0 radical (unpaired) electrons. The molecule has 146 valence electrons. The van der Waals surface area contributed by atoms with E-state index in [1.165, 1.54) is 12.1 Å². The number of imidazole rings is 1. The van der Waals surface area contributed by atoms with Gasteiger partial charge in [0, 0.05) is 18.7 Å². The number of benzene rings is 1. The molecule has 2 heterocycles. The Balaban J connectivity index is 1.88. The van der Waals surface area contributed by atoms with Gasteiger partial charge in [0.25, 0.3) is 5.91 Å². The van der Waals surface area contributed by atoms with Gasteiger partial charge in [-0.05, 0) is 37.8 Å². The van der Waals surface area contributed by atoms with Crippen LogP contribution in [0.2, 0.25) is 0 Å². The predicted octanol–water partition coefficient (Wildman–Crippen LogP) is 1.72. The molecule has 4 rings (SSSR count). The minimum atomic E-state index is -0.759. The van der Waals surface area contributed by atoms with Crippen LogP contribution >= 0.6 is 0 Å². The topological polar surface area (TPSA) is 136 Å². The van der Waals surface area contributed by atoms with Crippen molar-refractivity contribution in [2.75, 3.05) is 7.11 Å². The van der Waals surface area contributed by atoms with Crippen LogP contribution in [0.15, 0.2) is 29.1 Å². The number of ether oxygens (including phenoxy) is 1. The first kappa shape index (κ1) is 18.2. The number of primary amides is 1. The number of aromatic hydroxyl groups is 1. The molecule has 0 aliphatic heterocycles. The number of phenols is 1. The number of aromatic amines is 1. The molecule has 28 heavy (non-hydrogen) atoms. The molecular formula is C19H21N5O4. The molecule has 1 aliphatic carbocycles. The zero-order valence-corrected chi connectivity index (χ0v) is 15.4. The molecule has 0 unspecified atom stereocenters. The van der Waals surface area contributed by atoms with Crippen LogP contribution in [0.5, 0.6) is 5.75 Å². The highest BCUT2D eigenvalue weighted by Crippen LogP contribution is 2.31. The van der Waals surface area contributed by atoms with Gasteiger partial charge >= 0.3 is 5.69 Å². The number of nitrogens with two attached hydrogens (primary N) is 1. The van der Waals surface area contributed by atoms with Crippen LogP contribution in [0.25, 0.3) is 22.6 Å². The van der Waals surface area contributed by atoms with Crippen molar-refractivity contribution in [2.24, 2.45) is 5.73 Å². The molecule has 1 fully saturated rings. The fourth-order valence-electron chi connectivity index (χ4n) is 3.83. The van der Waals surface area contributed by atoms with E-state index in [1.54, 1.807) is 23.8 Å². The SMILES string of the molecule is CO[C@H]1CC[C@H](n2c(=O)[nH]c3c(C(N)=O)nc(-c4cccc(O)c4)nc32)CC1. The summed E-state index contributed by atoms with van der Waals surface area (Å²) in [5.41, 5.74) is 6.20. The summed E-state index contributed by atoms with van der Waals surface area (Å²) in [6.45, 7) is 0. The summed E-state index contributed by atoms with van der Waals surface area (Å²) in [5, 5.41) is 9.76. The van der Waals surface area contributed by atoms with Gasteiger partial charge in [-0.2, -0.15) is 0 Å². The molecule has 9 heteroatoms. The molecule has 0 atom stereocenters. The highest BCUT2D eigenvalue weighted by molar-refractivity contribution is 6.01. The number of methoxy groups -OCH3 is 1. The van der Waals surface area contributed by atoms with Crippen LogP contribution in [0, 0.1) is 0 Å². The van der Waals surface area contributed by atoms with Crippen LogP contribution in [-0.2, 0) is 4.74 Å². The second kappa shape index (κ2) is 7.08. The van der Waals surface area contributed by atoms with Crippen LogP contribution in [-0.4, -0.2) is 43.7 Å². The number of amides is 1. The Bertz CT molecular complexity index is 1100. The zero-order valence-electron chi connectivity index (χ0n) is 15.4. The predicted molar refractivity (Wildman–Crippen MR) is 102 cm³/mol. The first-order valence-corrected chi connectivity index (χ1v) is 9.12. The van der Waals surface area contributed by atoms with Gasteiger partial charge in [0.15, 0.2) is 17.2 Å². The van der Waals surface area contributed by atoms with Gasteiger partial charge in [-0.3, -0.25) is 9.36 Å². The Kier molecular flexibility index (Phi) is 4.60. The minimum absolute atomic E-state index is 0.0474. The monoisotopic (exact) mass is 383 g/mol. The molecule has 3 aromatic rings. The molecule has 1 aromatic carbocycles. The van der Waals surface area contributed by atoms with Crippen LogP contribution in [0.1, 0.15) is 42.2 Å². The largest absolute Gasteiger partial charge is 0.508 e. The van der Waals surface area contributed by atoms with Gasteiger partial charge in [0.1, 0.15) is 11.3 Å². The summed E-state index contributed by atoms with van der Waals surface area (Å²) < 4.78 is 6.99. The summed E-state index contributed by atoms with van der Waals surface area (Å²) in [5.74, 6) is -0.494. The lowest BCUT2D eigenvalue weighted by Gasteiger charge is -2.28. The Morgan fingerprint density at radius 1 is 1.29 bits per heavy atom. The molecular weight excluding hydrogens is 362 g/mol. The molecule has 1 amide bonds. The third-order valence-electron chi connectivity index (χ3n) is 5.25. The number of aromatic nitrogens is 4. The van der Waals surface area contributed by atoms with Gasteiger partial charge in [-0.15, -0.1) is 0 Å². The Morgan fingerprint density at radius 2 is 2.04 bits per heavy atom. The summed E-state index contributed by atoms with van der Waals surface area (Å²) >= 11 is 0. The van der Waals surface area contributed by atoms with Crippen molar-refractivity contribution in [3.8, 4) is 17.1 Å². The van der Waals surface area contributed by atoms with Crippen molar-refractivity contribution < 1.29 is 14.6 Å². The molecule has 2 aromatic heterocycles. The number of rotatable bonds is 4. The molecule has 4 N–H and O–H groups in total. The average Bonchev–Trinajstić information content (AvgIpc) is 3.02. The van der Waals surface area contributed by atoms with Crippen molar-refractivity contribution in [2.45, 2.75) is 37.8 Å². The number of H-pyrrole nitrogens is 1. The van der Waals surface area contributed by atoms with Crippen molar-refractivity contribution in [1.29, 1.82) is 0 Å². The number of hydrogen-bond acceptors (Lipinski definition) is 6. The maximum atomic E-state index is 12.7. The Labute approximate surface area is 160 Å². The minimum Gasteiger partial charge on any atom is -0.508 e. The van der Waals surface area contributed by atoms with Crippen LogP contribution < -0.4 is 11.4 Å². The van der Waals surface area contributed by atoms with E-state index >= 15 is 0 Å². The van der Waals surface area contributed by atoms with Gasteiger partial charge in [0.2, 0.25) is 0 Å². The zero-order chi connectivity index (χ0) is 19.8. The molecule has 0 spiro atoms. The first-order valence-electron chi connectivity index (χ1n) is 9.12. The van der Waals surface area contributed by atoms with E-state index in [-0.39, 0.29) is 40.6 Å². The lowest BCUT2D eigenvalue weighted by Crippen LogP contribution is -2.28. The molecule has 1 aliphatic rings. The quantitative estimate of drug-likeness (QED) is 0.627. The molecule has 1 saturated carbocycles. The van der Waals surface area contributed by atoms with Crippen LogP contribution in [0.4, 0.5) is 0 Å². The summed E-state index contributed by atoms with van der Waals surface area (Å²) in [6.07, 6.45) is 3.41. The van der Waals surface area contributed by atoms with E-state index in [9.17, 15) is 14.7 Å². The Hall–Kier alpha value is -3.20. The maximum Gasteiger partial charge on any atom is 0.327 e. The number of nitrogens with zero attached hydrogens (tertiary/aromatic N) is 3. The number of carbonyl (C=O) groups is 1. The van der Waals surface area contributed by atoms with Gasteiger partial charge in [0.05, 0.1) is 6.10 Å². The number of phenolic OH excluding ortho intramolecular Hbond substituents is 1. The lowest BCUT2D eigenvalue weighted by molar-refractivity contribution is 0.0585. The summed E-state index contributed by atoms with van der Waals surface area (Å²) in [6, 6.07) is 6.32. The summed E-state index contributed by atoms with van der Waals surface area (Å²) in [7, 11) is 1.69. The van der Waals surface area contributed by atoms with Gasteiger partial charge in [-0.25, -0.2) is 14.8 Å². The van der Waals surface area contributed by atoms with Crippen molar-refractivity contribution in [3.63, 3.8) is 0 Å². The second-order valence-corrected chi connectivity index (χ2v) is 6.98. The van der Waals surface area contributed by atoms with E-state index in [2.05, 4.69) is 15.0 Å².